The number of primary amides is 1. The number of halogens is 3. The number of ether oxygens (including phenoxy) is 1. The fraction of sp³-hybridized carbons (Fsp3) is 0.267. The van der Waals surface area contributed by atoms with Gasteiger partial charge < -0.3 is 15.8 Å². The first-order valence-electron chi connectivity index (χ1n) is 7.04. The van der Waals surface area contributed by atoms with Gasteiger partial charge in [0.15, 0.2) is 0 Å². The molecule has 25 heavy (non-hydrogen) atoms. The zero-order chi connectivity index (χ0) is 18.6. The van der Waals surface area contributed by atoms with Gasteiger partial charge in [-0.3, -0.25) is 14.3 Å². The van der Waals surface area contributed by atoms with E-state index in [1.54, 1.807) is 0 Å². The van der Waals surface area contributed by atoms with E-state index in [9.17, 15) is 22.8 Å². The molecular formula is C15H15F3N4O3. The summed E-state index contributed by atoms with van der Waals surface area (Å²) >= 11 is 0. The Bertz CT molecular complexity index is 787. The number of carbonyl (C=O) groups excluding carboxylic acids is 2. The maximum atomic E-state index is 12.3. The summed E-state index contributed by atoms with van der Waals surface area (Å²) in [6.45, 7) is -1.67. The second-order valence-electron chi connectivity index (χ2n) is 5.16. The van der Waals surface area contributed by atoms with Gasteiger partial charge in [-0.1, -0.05) is 12.1 Å². The number of nitrogens with zero attached hydrogens (tertiary/aromatic N) is 2. The standard InChI is InChI=1S/C15H15F3N4O3/c1-22-12(13(19)23)11(6-20-22)21-14(24)10-4-2-3-9(5-10)7-25-8-15(16,17)18/h2-6H,7-8H2,1H3,(H2,19,23)(H,21,24). The number of aryl methyl sites for hydroxylation is 1. The smallest absolute Gasteiger partial charge is 0.367 e. The topological polar surface area (TPSA) is 99.2 Å². The molecule has 0 aliphatic carbocycles. The largest absolute Gasteiger partial charge is 0.411 e. The van der Waals surface area contributed by atoms with Gasteiger partial charge in [-0.05, 0) is 17.7 Å². The molecule has 10 heteroatoms. The molecule has 0 atom stereocenters. The Hall–Kier alpha value is -2.88. The van der Waals surface area contributed by atoms with Gasteiger partial charge in [0.2, 0.25) is 0 Å². The van der Waals surface area contributed by atoms with Crippen molar-refractivity contribution in [3.8, 4) is 0 Å². The number of amides is 2. The molecule has 134 valence electrons. The van der Waals surface area contributed by atoms with Crippen LogP contribution in [0.25, 0.3) is 0 Å². The number of benzene rings is 1. The Morgan fingerprint density at radius 3 is 2.72 bits per heavy atom. The van der Waals surface area contributed by atoms with Gasteiger partial charge in [0.1, 0.15) is 12.3 Å². The Labute approximate surface area is 140 Å². The molecule has 2 aromatic rings. The van der Waals surface area contributed by atoms with E-state index in [1.165, 1.54) is 42.2 Å². The summed E-state index contributed by atoms with van der Waals surface area (Å²) in [7, 11) is 1.49. The number of nitrogens with one attached hydrogen (secondary N) is 1. The lowest BCUT2D eigenvalue weighted by Gasteiger charge is -2.09. The summed E-state index contributed by atoms with van der Waals surface area (Å²) in [5.74, 6) is -1.32. The molecule has 0 saturated heterocycles. The van der Waals surface area contributed by atoms with Gasteiger partial charge >= 0.3 is 6.18 Å². The summed E-state index contributed by atoms with van der Waals surface area (Å²) in [6.07, 6.45) is -3.14. The van der Waals surface area contributed by atoms with E-state index in [1.807, 2.05) is 0 Å². The zero-order valence-electron chi connectivity index (χ0n) is 13.1. The van der Waals surface area contributed by atoms with Crippen LogP contribution in [0.15, 0.2) is 30.5 Å². The van der Waals surface area contributed by atoms with Gasteiger partial charge in [0, 0.05) is 12.6 Å². The van der Waals surface area contributed by atoms with Crippen LogP contribution < -0.4 is 11.1 Å². The molecule has 1 heterocycles. The number of nitrogens with two attached hydrogens (primary N) is 1. The van der Waals surface area contributed by atoms with Crippen molar-refractivity contribution in [3.63, 3.8) is 0 Å². The normalized spacial score (nSPS) is 11.4. The van der Waals surface area contributed by atoms with Crippen LogP contribution in [-0.2, 0) is 18.4 Å². The average Bonchev–Trinajstić information content (AvgIpc) is 2.87. The molecule has 0 unspecified atom stereocenters. The minimum Gasteiger partial charge on any atom is -0.367 e. The van der Waals surface area contributed by atoms with Crippen LogP contribution in [0.5, 0.6) is 0 Å². The third kappa shape index (κ3) is 5.05. The molecule has 0 aliphatic rings. The van der Waals surface area contributed by atoms with E-state index in [-0.39, 0.29) is 23.6 Å². The lowest BCUT2D eigenvalue weighted by atomic mass is 10.1. The highest BCUT2D eigenvalue weighted by molar-refractivity contribution is 6.08. The Kier molecular flexibility index (Phi) is 5.42. The van der Waals surface area contributed by atoms with Crippen molar-refractivity contribution in [2.75, 3.05) is 11.9 Å². The second-order valence-corrected chi connectivity index (χ2v) is 5.16. The molecule has 2 amide bonds. The number of alkyl halides is 3. The zero-order valence-corrected chi connectivity index (χ0v) is 13.1. The van der Waals surface area contributed by atoms with Crippen LogP contribution in [0.1, 0.15) is 26.4 Å². The van der Waals surface area contributed by atoms with Gasteiger partial charge in [-0.15, -0.1) is 0 Å². The third-order valence-electron chi connectivity index (χ3n) is 3.14. The Morgan fingerprint density at radius 1 is 1.36 bits per heavy atom. The quantitative estimate of drug-likeness (QED) is 0.825. The fourth-order valence-electron chi connectivity index (χ4n) is 2.10. The number of aromatic nitrogens is 2. The van der Waals surface area contributed by atoms with Crippen molar-refractivity contribution >= 4 is 17.5 Å². The van der Waals surface area contributed by atoms with Crippen molar-refractivity contribution in [1.82, 2.24) is 9.78 Å². The maximum absolute atomic E-state index is 12.3. The Morgan fingerprint density at radius 2 is 2.08 bits per heavy atom. The van der Waals surface area contributed by atoms with Crippen LogP contribution in [0.3, 0.4) is 0 Å². The first kappa shape index (κ1) is 18.5. The van der Waals surface area contributed by atoms with Crippen LogP contribution in [0.4, 0.5) is 18.9 Å². The lowest BCUT2D eigenvalue weighted by Crippen LogP contribution is -2.20. The molecular weight excluding hydrogens is 341 g/mol. The number of hydrogen-bond donors (Lipinski definition) is 2. The molecule has 1 aromatic heterocycles. The second kappa shape index (κ2) is 7.34. The van der Waals surface area contributed by atoms with Crippen molar-refractivity contribution in [3.05, 3.63) is 47.3 Å². The van der Waals surface area contributed by atoms with Crippen molar-refractivity contribution in [2.24, 2.45) is 12.8 Å². The van der Waals surface area contributed by atoms with Crippen molar-refractivity contribution < 1.29 is 27.5 Å². The fourth-order valence-corrected chi connectivity index (χ4v) is 2.10. The molecule has 0 aliphatic heterocycles. The maximum Gasteiger partial charge on any atom is 0.411 e. The summed E-state index contributed by atoms with van der Waals surface area (Å²) in [5, 5.41) is 6.33. The average molecular weight is 356 g/mol. The predicted octanol–water partition coefficient (Wildman–Crippen LogP) is 1.85. The molecule has 0 bridgehead atoms. The van der Waals surface area contributed by atoms with Crippen LogP contribution in [-0.4, -0.2) is 34.4 Å². The van der Waals surface area contributed by atoms with E-state index >= 15 is 0 Å². The number of carbonyl (C=O) groups is 2. The van der Waals surface area contributed by atoms with Crippen molar-refractivity contribution in [2.45, 2.75) is 12.8 Å². The number of hydrogen-bond acceptors (Lipinski definition) is 4. The third-order valence-corrected chi connectivity index (χ3v) is 3.14. The molecule has 0 fully saturated rings. The minimum atomic E-state index is -4.42. The van der Waals surface area contributed by atoms with Crippen LogP contribution in [0.2, 0.25) is 0 Å². The van der Waals surface area contributed by atoms with E-state index < -0.39 is 24.6 Å². The molecule has 3 N–H and O–H groups in total. The highest BCUT2D eigenvalue weighted by Gasteiger charge is 2.27. The van der Waals surface area contributed by atoms with Crippen LogP contribution in [0, 0.1) is 0 Å². The van der Waals surface area contributed by atoms with E-state index in [2.05, 4.69) is 15.2 Å². The van der Waals surface area contributed by atoms with Crippen LogP contribution >= 0.6 is 0 Å². The summed E-state index contributed by atoms with van der Waals surface area (Å²) in [6, 6.07) is 5.92. The summed E-state index contributed by atoms with van der Waals surface area (Å²) in [5.41, 5.74) is 5.98. The predicted molar refractivity (Wildman–Crippen MR) is 81.8 cm³/mol. The van der Waals surface area contributed by atoms with Gasteiger partial charge in [0.05, 0.1) is 18.5 Å². The first-order chi connectivity index (χ1) is 11.7. The van der Waals surface area contributed by atoms with Crippen molar-refractivity contribution in [1.29, 1.82) is 0 Å². The van der Waals surface area contributed by atoms with Gasteiger partial charge in [0.25, 0.3) is 11.8 Å². The van der Waals surface area contributed by atoms with Gasteiger partial charge in [-0.2, -0.15) is 18.3 Å². The number of rotatable bonds is 6. The lowest BCUT2D eigenvalue weighted by molar-refractivity contribution is -0.176. The first-order valence-corrected chi connectivity index (χ1v) is 7.04. The van der Waals surface area contributed by atoms with Gasteiger partial charge in [-0.25, -0.2) is 0 Å². The Balaban J connectivity index is 2.08. The summed E-state index contributed by atoms with van der Waals surface area (Å²) in [4.78, 5) is 23.6. The molecule has 7 nitrogen and oxygen atoms in total. The highest BCUT2D eigenvalue weighted by atomic mass is 19.4. The molecule has 0 spiro atoms. The monoisotopic (exact) mass is 356 g/mol. The molecule has 2 rings (SSSR count). The number of anilines is 1. The van der Waals surface area contributed by atoms with E-state index in [0.717, 1.165) is 0 Å². The molecule has 1 aromatic carbocycles. The van der Waals surface area contributed by atoms with E-state index in [4.69, 9.17) is 5.73 Å². The minimum absolute atomic E-state index is 0.0259. The highest BCUT2D eigenvalue weighted by Crippen LogP contribution is 2.17. The summed E-state index contributed by atoms with van der Waals surface area (Å²) < 4.78 is 42.0. The van der Waals surface area contributed by atoms with E-state index in [0.29, 0.717) is 5.56 Å². The SMILES string of the molecule is Cn1ncc(NC(=O)c2cccc(COCC(F)(F)F)c2)c1C(N)=O. The molecule has 0 radical (unpaired) electrons. The molecule has 0 saturated carbocycles.